The molecule has 1 N–H and O–H groups in total. The average molecular weight is 391 g/mol. The molecule has 0 bridgehead atoms. The van der Waals surface area contributed by atoms with Crippen LogP contribution in [0.15, 0.2) is 54.6 Å². The maximum absolute atomic E-state index is 12.1. The highest BCUT2D eigenvalue weighted by Gasteiger charge is 2.18. The van der Waals surface area contributed by atoms with Crippen molar-refractivity contribution < 1.29 is 17.9 Å². The zero-order valence-electron chi connectivity index (χ0n) is 15.7. The van der Waals surface area contributed by atoms with Gasteiger partial charge in [0, 0.05) is 19.5 Å². The number of anilines is 1. The Morgan fingerprint density at radius 2 is 1.74 bits per heavy atom. The van der Waals surface area contributed by atoms with E-state index in [0.29, 0.717) is 24.6 Å². The molecule has 0 radical (unpaired) electrons. The van der Waals surface area contributed by atoms with Crippen molar-refractivity contribution in [1.82, 2.24) is 5.32 Å². The Balaban J connectivity index is 2.00. The van der Waals surface area contributed by atoms with Crippen molar-refractivity contribution in [3.63, 3.8) is 0 Å². The quantitative estimate of drug-likeness (QED) is 0.677. The van der Waals surface area contributed by atoms with Crippen LogP contribution in [0.5, 0.6) is 5.75 Å². The molecule has 0 atom stereocenters. The van der Waals surface area contributed by atoms with Gasteiger partial charge in [-0.2, -0.15) is 0 Å². The van der Waals surface area contributed by atoms with Crippen molar-refractivity contribution in [3.05, 3.63) is 60.2 Å². The van der Waals surface area contributed by atoms with Crippen LogP contribution in [0.25, 0.3) is 0 Å². The summed E-state index contributed by atoms with van der Waals surface area (Å²) in [5.74, 6) is 0.491. The van der Waals surface area contributed by atoms with Gasteiger partial charge in [-0.3, -0.25) is 9.10 Å². The lowest BCUT2D eigenvalue weighted by Crippen LogP contribution is -2.34. The molecule has 7 heteroatoms. The molecule has 27 heavy (non-hydrogen) atoms. The molecule has 0 unspecified atom stereocenters. The summed E-state index contributed by atoms with van der Waals surface area (Å²) in [5, 5.41) is 2.75. The molecule has 2 rings (SSSR count). The Labute approximate surface area is 161 Å². The lowest BCUT2D eigenvalue weighted by atomic mass is 10.2. The smallest absolute Gasteiger partial charge is 0.232 e. The van der Waals surface area contributed by atoms with Gasteiger partial charge in [-0.25, -0.2) is 8.42 Å². The van der Waals surface area contributed by atoms with Gasteiger partial charge in [-0.15, -0.1) is 0 Å². The van der Waals surface area contributed by atoms with E-state index in [1.807, 2.05) is 37.3 Å². The number of carbonyl (C=O) groups excluding carboxylic acids is 1. The number of ether oxygens (including phenoxy) is 1. The molecular weight excluding hydrogens is 364 g/mol. The number of amides is 1. The first-order valence-corrected chi connectivity index (χ1v) is 10.8. The van der Waals surface area contributed by atoms with Crippen LogP contribution in [0.3, 0.4) is 0 Å². The highest BCUT2D eigenvalue weighted by atomic mass is 32.2. The molecule has 0 spiro atoms. The second kappa shape index (κ2) is 9.97. The summed E-state index contributed by atoms with van der Waals surface area (Å²) >= 11 is 0. The summed E-state index contributed by atoms with van der Waals surface area (Å²) < 4.78 is 31.2. The first-order valence-electron chi connectivity index (χ1n) is 8.91. The van der Waals surface area contributed by atoms with Gasteiger partial charge in [0.2, 0.25) is 15.9 Å². The number of benzene rings is 2. The molecule has 2 aromatic rings. The first kappa shape index (κ1) is 20.8. The van der Waals surface area contributed by atoms with Crippen LogP contribution >= 0.6 is 0 Å². The second-order valence-electron chi connectivity index (χ2n) is 6.20. The summed E-state index contributed by atoms with van der Waals surface area (Å²) in [5.41, 5.74) is 1.56. The van der Waals surface area contributed by atoms with Crippen LogP contribution in [0.4, 0.5) is 5.69 Å². The largest absolute Gasteiger partial charge is 0.489 e. The summed E-state index contributed by atoms with van der Waals surface area (Å²) in [6.45, 7) is 3.09. The van der Waals surface area contributed by atoms with Gasteiger partial charge < -0.3 is 10.1 Å². The van der Waals surface area contributed by atoms with Gasteiger partial charge in [-0.05, 0) is 36.2 Å². The van der Waals surface area contributed by atoms with E-state index in [2.05, 4.69) is 5.32 Å². The number of hydrogen-bond acceptors (Lipinski definition) is 4. The number of carbonyl (C=O) groups is 1. The lowest BCUT2D eigenvalue weighted by molar-refractivity contribution is -0.120. The highest BCUT2D eigenvalue weighted by Crippen LogP contribution is 2.22. The zero-order valence-corrected chi connectivity index (χ0v) is 16.5. The minimum atomic E-state index is -3.49. The van der Waals surface area contributed by atoms with Gasteiger partial charge in [0.1, 0.15) is 12.4 Å². The van der Waals surface area contributed by atoms with Gasteiger partial charge in [0.25, 0.3) is 0 Å². The SMILES string of the molecule is CCCNC(=O)CCN(c1ccc(OCc2ccccc2)cc1)S(C)(=O)=O. The van der Waals surface area contributed by atoms with Crippen LogP contribution in [-0.4, -0.2) is 33.7 Å². The fourth-order valence-corrected chi connectivity index (χ4v) is 3.42. The molecule has 2 aromatic carbocycles. The van der Waals surface area contributed by atoms with Crippen molar-refractivity contribution in [2.75, 3.05) is 23.7 Å². The average Bonchev–Trinajstić information content (AvgIpc) is 2.65. The number of nitrogens with zero attached hydrogens (tertiary/aromatic N) is 1. The first-order chi connectivity index (χ1) is 12.9. The topological polar surface area (TPSA) is 75.7 Å². The predicted molar refractivity (Wildman–Crippen MR) is 107 cm³/mol. The number of nitrogens with one attached hydrogen (secondary N) is 1. The third-order valence-electron chi connectivity index (χ3n) is 3.89. The minimum Gasteiger partial charge on any atom is -0.489 e. The molecule has 0 aromatic heterocycles. The van der Waals surface area contributed by atoms with Crippen molar-refractivity contribution >= 4 is 21.6 Å². The Bertz CT molecular complexity index is 821. The maximum atomic E-state index is 12.1. The van der Waals surface area contributed by atoms with E-state index in [1.54, 1.807) is 24.3 Å². The maximum Gasteiger partial charge on any atom is 0.232 e. The minimum absolute atomic E-state index is 0.0958. The summed E-state index contributed by atoms with van der Waals surface area (Å²) in [7, 11) is -3.49. The molecule has 0 aliphatic rings. The molecule has 0 aliphatic carbocycles. The fraction of sp³-hybridized carbons (Fsp3) is 0.350. The Kier molecular flexibility index (Phi) is 7.67. The van der Waals surface area contributed by atoms with E-state index in [4.69, 9.17) is 4.74 Å². The van der Waals surface area contributed by atoms with Crippen molar-refractivity contribution in [2.24, 2.45) is 0 Å². The van der Waals surface area contributed by atoms with Crippen LogP contribution in [0.1, 0.15) is 25.3 Å². The molecular formula is C20H26N2O4S. The molecule has 0 saturated carbocycles. The molecule has 0 heterocycles. The van der Waals surface area contributed by atoms with E-state index in [9.17, 15) is 13.2 Å². The van der Waals surface area contributed by atoms with E-state index < -0.39 is 10.0 Å². The van der Waals surface area contributed by atoms with E-state index in [-0.39, 0.29) is 18.9 Å². The van der Waals surface area contributed by atoms with Gasteiger partial charge >= 0.3 is 0 Å². The number of sulfonamides is 1. The fourth-order valence-electron chi connectivity index (χ4n) is 2.49. The summed E-state index contributed by atoms with van der Waals surface area (Å²) in [6.07, 6.45) is 2.09. The Hall–Kier alpha value is -2.54. The third kappa shape index (κ3) is 6.94. The number of hydrogen-bond donors (Lipinski definition) is 1. The second-order valence-corrected chi connectivity index (χ2v) is 8.11. The highest BCUT2D eigenvalue weighted by molar-refractivity contribution is 7.92. The summed E-state index contributed by atoms with van der Waals surface area (Å²) in [4.78, 5) is 11.8. The standard InChI is InChI=1S/C20H26N2O4S/c1-3-14-21-20(23)13-15-22(27(2,24)25)18-9-11-19(12-10-18)26-16-17-7-5-4-6-8-17/h4-12H,3,13-16H2,1-2H3,(H,21,23). The third-order valence-corrected chi connectivity index (χ3v) is 5.08. The van der Waals surface area contributed by atoms with Crippen molar-refractivity contribution in [3.8, 4) is 5.75 Å². The molecule has 6 nitrogen and oxygen atoms in total. The van der Waals surface area contributed by atoms with E-state index in [0.717, 1.165) is 18.2 Å². The van der Waals surface area contributed by atoms with E-state index in [1.165, 1.54) is 4.31 Å². The Morgan fingerprint density at radius 1 is 1.07 bits per heavy atom. The predicted octanol–water partition coefficient (Wildman–Crippen LogP) is 2.95. The Morgan fingerprint density at radius 3 is 2.33 bits per heavy atom. The van der Waals surface area contributed by atoms with Crippen LogP contribution in [0, 0.1) is 0 Å². The number of rotatable bonds is 10. The van der Waals surface area contributed by atoms with E-state index >= 15 is 0 Å². The molecule has 0 saturated heterocycles. The van der Waals surface area contributed by atoms with Crippen molar-refractivity contribution in [1.29, 1.82) is 0 Å². The molecule has 0 fully saturated rings. The molecule has 1 amide bonds. The lowest BCUT2D eigenvalue weighted by Gasteiger charge is -2.22. The molecule has 0 aliphatic heterocycles. The van der Waals surface area contributed by atoms with Gasteiger partial charge in [-0.1, -0.05) is 37.3 Å². The zero-order chi connectivity index (χ0) is 19.7. The molecule has 146 valence electrons. The van der Waals surface area contributed by atoms with Crippen LogP contribution < -0.4 is 14.4 Å². The van der Waals surface area contributed by atoms with Crippen LogP contribution in [0.2, 0.25) is 0 Å². The van der Waals surface area contributed by atoms with Gasteiger partial charge in [0.05, 0.1) is 11.9 Å². The monoisotopic (exact) mass is 390 g/mol. The van der Waals surface area contributed by atoms with Gasteiger partial charge in [0.15, 0.2) is 0 Å². The normalized spacial score (nSPS) is 11.0. The van der Waals surface area contributed by atoms with Crippen molar-refractivity contribution in [2.45, 2.75) is 26.4 Å². The summed E-state index contributed by atoms with van der Waals surface area (Å²) in [6, 6.07) is 16.6. The van der Waals surface area contributed by atoms with Crippen LogP contribution in [-0.2, 0) is 21.4 Å².